The van der Waals surface area contributed by atoms with Gasteiger partial charge in [0.2, 0.25) is 5.16 Å². The van der Waals surface area contributed by atoms with Crippen LogP contribution >= 0.6 is 11.8 Å². The largest absolute Gasteiger partial charge is 0.476 e. The second kappa shape index (κ2) is 3.85. The average molecular weight is 242 g/mol. The Morgan fingerprint density at radius 2 is 2.44 bits per heavy atom. The molecule has 2 rings (SSSR count). The third kappa shape index (κ3) is 1.84. The lowest BCUT2D eigenvalue weighted by Crippen LogP contribution is -2.12. The molecule has 0 spiro atoms. The monoisotopic (exact) mass is 242 g/mol. The van der Waals surface area contributed by atoms with Gasteiger partial charge >= 0.3 is 11.7 Å². The molecule has 0 unspecified atom stereocenters. The third-order valence-corrected chi connectivity index (χ3v) is 2.63. The highest BCUT2D eigenvalue weighted by atomic mass is 32.2. The summed E-state index contributed by atoms with van der Waals surface area (Å²) in [6, 6.07) is 0. The van der Waals surface area contributed by atoms with Crippen LogP contribution in [-0.4, -0.2) is 30.8 Å². The van der Waals surface area contributed by atoms with Crippen molar-refractivity contribution in [1.82, 2.24) is 19.7 Å². The molecule has 0 radical (unpaired) electrons. The predicted molar refractivity (Wildman–Crippen MR) is 51.4 cm³/mol. The van der Waals surface area contributed by atoms with Crippen molar-refractivity contribution < 1.29 is 14.3 Å². The number of aromatic carboxylic acids is 1. The van der Waals surface area contributed by atoms with Gasteiger partial charge in [-0.25, -0.2) is 14.7 Å². The minimum Gasteiger partial charge on any atom is -0.476 e. The van der Waals surface area contributed by atoms with E-state index in [1.165, 1.54) is 11.6 Å². The van der Waals surface area contributed by atoms with Crippen molar-refractivity contribution in [2.45, 2.75) is 10.4 Å². The van der Waals surface area contributed by atoms with E-state index in [1.54, 1.807) is 0 Å². The van der Waals surface area contributed by atoms with Gasteiger partial charge in [-0.05, 0) is 0 Å². The number of hydrogen-bond donors (Lipinski definition) is 2. The minimum atomic E-state index is -1.17. The normalized spacial score (nSPS) is 10.6. The van der Waals surface area contributed by atoms with E-state index in [0.29, 0.717) is 5.16 Å². The second-order valence-electron chi connectivity index (χ2n) is 2.78. The predicted octanol–water partition coefficient (Wildman–Crippen LogP) is -0.0542. The highest BCUT2D eigenvalue weighted by Gasteiger charge is 2.14. The number of aromatic amines is 1. The van der Waals surface area contributed by atoms with Gasteiger partial charge in [0.25, 0.3) is 5.22 Å². The van der Waals surface area contributed by atoms with E-state index in [0.717, 1.165) is 18.0 Å². The van der Waals surface area contributed by atoms with Crippen molar-refractivity contribution in [3.8, 4) is 0 Å². The van der Waals surface area contributed by atoms with Crippen LogP contribution in [0.25, 0.3) is 0 Å². The molecule has 16 heavy (non-hydrogen) atoms. The summed E-state index contributed by atoms with van der Waals surface area (Å²) in [6.45, 7) is 0. The Labute approximate surface area is 92.3 Å². The van der Waals surface area contributed by atoms with Crippen molar-refractivity contribution in [3.63, 3.8) is 0 Å². The molecule has 2 N–H and O–H groups in total. The smallest absolute Gasteiger partial charge is 0.357 e. The summed E-state index contributed by atoms with van der Waals surface area (Å²) in [6.07, 6.45) is 1.02. The number of nitrogens with one attached hydrogen (secondary N) is 1. The molecule has 2 aromatic rings. The summed E-state index contributed by atoms with van der Waals surface area (Å²) >= 11 is 0.953. The van der Waals surface area contributed by atoms with Crippen molar-refractivity contribution >= 4 is 17.7 Å². The summed E-state index contributed by atoms with van der Waals surface area (Å²) in [5.74, 6) is -1.17. The topological polar surface area (TPSA) is 114 Å². The SMILES string of the molecule is Cn1c(Sc2nc(C(=O)O)co2)n[nH]c1=O. The van der Waals surface area contributed by atoms with Crippen LogP contribution in [0.5, 0.6) is 0 Å². The summed E-state index contributed by atoms with van der Waals surface area (Å²) in [4.78, 5) is 25.2. The van der Waals surface area contributed by atoms with Gasteiger partial charge in [0.05, 0.1) is 0 Å². The van der Waals surface area contributed by atoms with E-state index in [2.05, 4.69) is 15.2 Å². The van der Waals surface area contributed by atoms with E-state index in [4.69, 9.17) is 9.52 Å². The number of carboxylic acids is 1. The standard InChI is InChI=1S/C7H6N4O4S/c1-11-5(14)9-10-6(11)16-7-8-3(2-15-7)4(12)13/h2H,1H3,(H,9,14)(H,12,13). The van der Waals surface area contributed by atoms with Crippen LogP contribution in [0.2, 0.25) is 0 Å². The second-order valence-corrected chi connectivity index (χ2v) is 3.69. The van der Waals surface area contributed by atoms with Gasteiger partial charge in [0.15, 0.2) is 5.69 Å². The molecule has 9 heteroatoms. The number of carboxylic acid groups (broad SMARTS) is 1. The van der Waals surface area contributed by atoms with Crippen LogP contribution in [0, 0.1) is 0 Å². The molecule has 2 heterocycles. The molecule has 84 valence electrons. The number of hydrogen-bond acceptors (Lipinski definition) is 6. The summed E-state index contributed by atoms with van der Waals surface area (Å²) in [5.41, 5.74) is -0.560. The molecular formula is C7H6N4O4S. The highest BCUT2D eigenvalue weighted by Crippen LogP contribution is 2.23. The molecule has 0 fully saturated rings. The van der Waals surface area contributed by atoms with Gasteiger partial charge in [-0.2, -0.15) is 4.98 Å². The van der Waals surface area contributed by atoms with Crippen LogP contribution in [0.15, 0.2) is 25.9 Å². The lowest BCUT2D eigenvalue weighted by atomic mass is 10.5. The number of oxazole rings is 1. The third-order valence-electron chi connectivity index (χ3n) is 1.72. The molecule has 0 amide bonds. The first-order valence-electron chi connectivity index (χ1n) is 4.06. The van der Waals surface area contributed by atoms with Crippen molar-refractivity contribution in [1.29, 1.82) is 0 Å². The molecule has 0 aromatic carbocycles. The Bertz CT molecular complexity index is 583. The molecule has 0 bridgehead atoms. The fraction of sp³-hybridized carbons (Fsp3) is 0.143. The maximum absolute atomic E-state index is 11.0. The van der Waals surface area contributed by atoms with Crippen molar-refractivity contribution in [2.75, 3.05) is 0 Å². The Hall–Kier alpha value is -2.03. The Balaban J connectivity index is 2.24. The van der Waals surface area contributed by atoms with Crippen LogP contribution in [0.4, 0.5) is 0 Å². The van der Waals surface area contributed by atoms with Gasteiger partial charge in [0.1, 0.15) is 6.26 Å². The Morgan fingerprint density at radius 3 is 2.94 bits per heavy atom. The van der Waals surface area contributed by atoms with Crippen LogP contribution in [0.1, 0.15) is 10.5 Å². The van der Waals surface area contributed by atoms with Crippen molar-refractivity contribution in [2.24, 2.45) is 7.05 Å². The van der Waals surface area contributed by atoms with E-state index in [1.807, 2.05) is 0 Å². The molecule has 0 aliphatic rings. The van der Waals surface area contributed by atoms with Crippen LogP contribution < -0.4 is 5.69 Å². The van der Waals surface area contributed by atoms with Gasteiger partial charge in [0, 0.05) is 18.8 Å². The molecule has 8 nitrogen and oxygen atoms in total. The summed E-state index contributed by atoms with van der Waals surface area (Å²) in [7, 11) is 1.52. The number of carbonyl (C=O) groups is 1. The fourth-order valence-electron chi connectivity index (χ4n) is 0.904. The lowest BCUT2D eigenvalue weighted by molar-refractivity contribution is 0.0690. The lowest BCUT2D eigenvalue weighted by Gasteiger charge is -1.92. The Morgan fingerprint density at radius 1 is 1.69 bits per heavy atom. The maximum atomic E-state index is 11.0. The van der Waals surface area contributed by atoms with E-state index >= 15 is 0 Å². The number of aromatic nitrogens is 4. The van der Waals surface area contributed by atoms with E-state index in [9.17, 15) is 9.59 Å². The zero-order chi connectivity index (χ0) is 11.7. The summed E-state index contributed by atoms with van der Waals surface area (Å²) < 4.78 is 6.16. The first-order chi connectivity index (χ1) is 7.58. The first-order valence-corrected chi connectivity index (χ1v) is 4.87. The molecule has 0 saturated heterocycles. The van der Waals surface area contributed by atoms with Crippen LogP contribution in [-0.2, 0) is 7.05 Å². The average Bonchev–Trinajstić information content (AvgIpc) is 2.81. The maximum Gasteiger partial charge on any atom is 0.357 e. The van der Waals surface area contributed by atoms with Gasteiger partial charge in [-0.15, -0.1) is 5.10 Å². The molecule has 0 aliphatic carbocycles. The zero-order valence-electron chi connectivity index (χ0n) is 8.00. The molecule has 0 saturated carbocycles. The number of H-pyrrole nitrogens is 1. The Kier molecular flexibility index (Phi) is 2.52. The van der Waals surface area contributed by atoms with Gasteiger partial charge in [-0.3, -0.25) is 4.57 Å². The fourth-order valence-corrected chi connectivity index (χ4v) is 1.61. The van der Waals surface area contributed by atoms with E-state index in [-0.39, 0.29) is 16.6 Å². The highest BCUT2D eigenvalue weighted by molar-refractivity contribution is 7.98. The molecule has 0 atom stereocenters. The van der Waals surface area contributed by atoms with Gasteiger partial charge < -0.3 is 9.52 Å². The molecular weight excluding hydrogens is 236 g/mol. The molecule has 0 aliphatic heterocycles. The quantitative estimate of drug-likeness (QED) is 0.775. The number of rotatable bonds is 3. The van der Waals surface area contributed by atoms with E-state index < -0.39 is 5.97 Å². The molecule has 2 aromatic heterocycles. The van der Waals surface area contributed by atoms with Crippen LogP contribution in [0.3, 0.4) is 0 Å². The van der Waals surface area contributed by atoms with Crippen molar-refractivity contribution in [3.05, 3.63) is 22.4 Å². The van der Waals surface area contributed by atoms with Gasteiger partial charge in [-0.1, -0.05) is 0 Å². The zero-order valence-corrected chi connectivity index (χ0v) is 8.82. The first kappa shape index (κ1) is 10.5. The number of nitrogens with zero attached hydrogens (tertiary/aromatic N) is 3. The summed E-state index contributed by atoms with van der Waals surface area (Å²) in [5, 5.41) is 15.0. The minimum absolute atomic E-state index is 0.111.